The Hall–Kier alpha value is -2.01. The number of hydrogen-bond acceptors (Lipinski definition) is 5. The Morgan fingerprint density at radius 3 is 2.74 bits per heavy atom. The van der Waals surface area contributed by atoms with Crippen molar-refractivity contribution in [3.8, 4) is 5.75 Å². The lowest BCUT2D eigenvalue weighted by atomic mass is 9.91. The Balaban J connectivity index is 1.98. The normalized spacial score (nSPS) is 13.7. The maximum Gasteiger partial charge on any atom is 0.344 e. The van der Waals surface area contributed by atoms with Crippen molar-refractivity contribution < 1.29 is 18.7 Å². The zero-order valence-electron chi connectivity index (χ0n) is 12.8. The van der Waals surface area contributed by atoms with E-state index in [1.165, 1.54) is 0 Å². The molecule has 0 amide bonds. The van der Waals surface area contributed by atoms with E-state index in [-0.39, 0.29) is 18.8 Å². The predicted octanol–water partition coefficient (Wildman–Crippen LogP) is 3.27. The summed E-state index contributed by atoms with van der Waals surface area (Å²) in [6.07, 6.45) is 3.63. The second-order valence-corrected chi connectivity index (χ2v) is 5.83. The number of aryl methyl sites for hydroxylation is 1. The molecule has 122 valence electrons. The molecular weight excluding hydrogens is 320 g/mol. The van der Waals surface area contributed by atoms with E-state index >= 15 is 0 Å². The SMILES string of the molecule is CCOC(=O)COc1cc2oc(=O)c3c(c2cc1Cl)CCCC3. The standard InChI is InChI=1S/C17H17ClO5/c1-2-21-16(19)9-22-15-8-14-12(7-13(15)18)10-5-3-4-6-11(10)17(20)23-14/h7-8H,2-6,9H2,1H3. The average molecular weight is 337 g/mol. The van der Waals surface area contributed by atoms with Gasteiger partial charge in [-0.2, -0.15) is 0 Å². The number of halogens is 1. The average Bonchev–Trinajstić information content (AvgIpc) is 2.54. The highest BCUT2D eigenvalue weighted by Crippen LogP contribution is 2.34. The summed E-state index contributed by atoms with van der Waals surface area (Å²) in [7, 11) is 0. The summed E-state index contributed by atoms with van der Waals surface area (Å²) in [5.41, 5.74) is 1.89. The van der Waals surface area contributed by atoms with Gasteiger partial charge in [0, 0.05) is 17.0 Å². The second-order valence-electron chi connectivity index (χ2n) is 5.43. The van der Waals surface area contributed by atoms with Gasteiger partial charge in [0.1, 0.15) is 11.3 Å². The number of hydrogen-bond donors (Lipinski definition) is 0. The summed E-state index contributed by atoms with van der Waals surface area (Å²) in [5, 5.41) is 1.22. The van der Waals surface area contributed by atoms with Gasteiger partial charge in [-0.25, -0.2) is 9.59 Å². The van der Waals surface area contributed by atoms with Gasteiger partial charge in [-0.05, 0) is 44.2 Å². The van der Waals surface area contributed by atoms with Gasteiger partial charge in [0.25, 0.3) is 0 Å². The van der Waals surface area contributed by atoms with Crippen LogP contribution in [0.5, 0.6) is 5.75 Å². The highest BCUT2D eigenvalue weighted by molar-refractivity contribution is 6.32. The second kappa shape index (κ2) is 6.62. The van der Waals surface area contributed by atoms with E-state index in [0.717, 1.165) is 42.2 Å². The highest BCUT2D eigenvalue weighted by atomic mass is 35.5. The van der Waals surface area contributed by atoms with E-state index in [1.54, 1.807) is 19.1 Å². The first-order valence-electron chi connectivity index (χ1n) is 7.66. The largest absolute Gasteiger partial charge is 0.480 e. The molecule has 0 bridgehead atoms. The Labute approximate surface area is 138 Å². The molecule has 1 aromatic heterocycles. The first-order chi connectivity index (χ1) is 11.1. The van der Waals surface area contributed by atoms with Gasteiger partial charge >= 0.3 is 11.6 Å². The van der Waals surface area contributed by atoms with Crippen molar-refractivity contribution in [3.05, 3.63) is 38.7 Å². The molecule has 0 aliphatic heterocycles. The zero-order chi connectivity index (χ0) is 16.4. The molecule has 0 N–H and O–H groups in total. The van der Waals surface area contributed by atoms with Crippen LogP contribution in [0.25, 0.3) is 11.0 Å². The van der Waals surface area contributed by atoms with Crippen molar-refractivity contribution in [1.29, 1.82) is 0 Å². The smallest absolute Gasteiger partial charge is 0.344 e. The van der Waals surface area contributed by atoms with Crippen molar-refractivity contribution in [2.75, 3.05) is 13.2 Å². The third-order valence-electron chi connectivity index (χ3n) is 3.93. The van der Waals surface area contributed by atoms with E-state index in [9.17, 15) is 9.59 Å². The van der Waals surface area contributed by atoms with E-state index in [0.29, 0.717) is 16.4 Å². The molecule has 1 aliphatic carbocycles. The minimum atomic E-state index is -0.476. The highest BCUT2D eigenvalue weighted by Gasteiger charge is 2.19. The van der Waals surface area contributed by atoms with Gasteiger partial charge in [0.15, 0.2) is 6.61 Å². The molecule has 6 heteroatoms. The zero-order valence-corrected chi connectivity index (χ0v) is 13.6. The first kappa shape index (κ1) is 15.9. The third-order valence-corrected chi connectivity index (χ3v) is 4.22. The number of ether oxygens (including phenoxy) is 2. The first-order valence-corrected chi connectivity index (χ1v) is 8.04. The van der Waals surface area contributed by atoms with Crippen LogP contribution in [-0.2, 0) is 22.4 Å². The van der Waals surface area contributed by atoms with Crippen LogP contribution < -0.4 is 10.4 Å². The van der Waals surface area contributed by atoms with Crippen LogP contribution in [-0.4, -0.2) is 19.2 Å². The Morgan fingerprint density at radius 2 is 2.00 bits per heavy atom. The Kier molecular flexibility index (Phi) is 4.57. The quantitative estimate of drug-likeness (QED) is 0.633. The molecule has 23 heavy (non-hydrogen) atoms. The molecule has 0 unspecified atom stereocenters. The molecule has 0 radical (unpaired) electrons. The number of carbonyl (C=O) groups is 1. The lowest BCUT2D eigenvalue weighted by Crippen LogP contribution is -2.16. The van der Waals surface area contributed by atoms with Gasteiger partial charge in [-0.15, -0.1) is 0 Å². The van der Waals surface area contributed by atoms with Gasteiger partial charge < -0.3 is 13.9 Å². The topological polar surface area (TPSA) is 65.7 Å². The summed E-state index contributed by atoms with van der Waals surface area (Å²) >= 11 is 6.25. The fourth-order valence-electron chi connectivity index (χ4n) is 2.89. The van der Waals surface area contributed by atoms with Gasteiger partial charge in [0.05, 0.1) is 11.6 Å². The molecule has 0 saturated heterocycles. The van der Waals surface area contributed by atoms with Crippen LogP contribution in [0.1, 0.15) is 30.9 Å². The van der Waals surface area contributed by atoms with E-state index in [1.807, 2.05) is 0 Å². The van der Waals surface area contributed by atoms with Gasteiger partial charge in [-0.1, -0.05) is 11.6 Å². The van der Waals surface area contributed by atoms with Crippen molar-refractivity contribution in [3.63, 3.8) is 0 Å². The van der Waals surface area contributed by atoms with Crippen LogP contribution in [0.4, 0.5) is 0 Å². The van der Waals surface area contributed by atoms with Crippen LogP contribution in [0.15, 0.2) is 21.3 Å². The molecule has 1 aromatic carbocycles. The van der Waals surface area contributed by atoms with E-state index < -0.39 is 5.97 Å². The summed E-state index contributed by atoms with van der Waals surface area (Å²) in [6.45, 7) is 1.77. The minimum absolute atomic E-state index is 0.242. The number of fused-ring (bicyclic) bond motifs is 3. The molecule has 0 spiro atoms. The van der Waals surface area contributed by atoms with Crippen LogP contribution in [0, 0.1) is 0 Å². The van der Waals surface area contributed by atoms with Gasteiger partial charge in [-0.3, -0.25) is 0 Å². The Bertz CT molecular complexity index is 809. The maximum absolute atomic E-state index is 12.1. The van der Waals surface area contributed by atoms with Crippen molar-refractivity contribution >= 4 is 28.5 Å². The molecule has 0 atom stereocenters. The summed E-state index contributed by atoms with van der Waals surface area (Å²) in [4.78, 5) is 23.5. The molecule has 3 rings (SSSR count). The third kappa shape index (κ3) is 3.20. The number of benzene rings is 1. The summed E-state index contributed by atoms with van der Waals surface area (Å²) in [6, 6.07) is 3.30. The fourth-order valence-corrected chi connectivity index (χ4v) is 3.11. The van der Waals surface area contributed by atoms with Gasteiger partial charge in [0.2, 0.25) is 0 Å². The molecule has 0 saturated carbocycles. The predicted molar refractivity (Wildman–Crippen MR) is 86.3 cm³/mol. The van der Waals surface area contributed by atoms with Crippen LogP contribution in [0.3, 0.4) is 0 Å². The molecule has 0 fully saturated rings. The molecule has 5 nitrogen and oxygen atoms in total. The van der Waals surface area contributed by atoms with Crippen LogP contribution in [0.2, 0.25) is 5.02 Å². The van der Waals surface area contributed by atoms with E-state index in [4.69, 9.17) is 25.5 Å². The van der Waals surface area contributed by atoms with Crippen LogP contribution >= 0.6 is 11.6 Å². The summed E-state index contributed by atoms with van der Waals surface area (Å²) < 4.78 is 15.6. The number of rotatable bonds is 4. The lowest BCUT2D eigenvalue weighted by molar-refractivity contribution is -0.145. The van der Waals surface area contributed by atoms with Crippen molar-refractivity contribution in [2.24, 2.45) is 0 Å². The summed E-state index contributed by atoms with van der Waals surface area (Å²) in [5.74, 6) is -0.179. The molecule has 1 heterocycles. The van der Waals surface area contributed by atoms with Crippen molar-refractivity contribution in [1.82, 2.24) is 0 Å². The maximum atomic E-state index is 12.1. The molecular formula is C17H17ClO5. The number of esters is 1. The monoisotopic (exact) mass is 336 g/mol. The number of carbonyl (C=O) groups excluding carboxylic acids is 1. The van der Waals surface area contributed by atoms with E-state index in [2.05, 4.69) is 0 Å². The Morgan fingerprint density at radius 1 is 1.26 bits per heavy atom. The fraction of sp³-hybridized carbons (Fsp3) is 0.412. The minimum Gasteiger partial charge on any atom is -0.480 e. The molecule has 1 aliphatic rings. The lowest BCUT2D eigenvalue weighted by Gasteiger charge is -2.17. The van der Waals surface area contributed by atoms with Crippen molar-refractivity contribution in [2.45, 2.75) is 32.6 Å². The molecule has 2 aromatic rings.